The van der Waals surface area contributed by atoms with Crippen LogP contribution in [0.1, 0.15) is 16.1 Å². The molecular formula is C19H15BrN8O3. The number of nitrogens with two attached hydrogens (primary N) is 1. The van der Waals surface area contributed by atoms with E-state index in [9.17, 15) is 4.79 Å². The maximum Gasteiger partial charge on any atom is 0.294 e. The second-order valence-corrected chi connectivity index (χ2v) is 7.07. The number of benzene rings is 2. The summed E-state index contributed by atoms with van der Waals surface area (Å²) in [6.07, 6.45) is 1.51. The van der Waals surface area contributed by atoms with Crippen molar-refractivity contribution in [2.24, 2.45) is 5.10 Å². The minimum Gasteiger partial charge on any atom is -0.497 e. The van der Waals surface area contributed by atoms with Gasteiger partial charge in [-0.2, -0.15) is 9.78 Å². The van der Waals surface area contributed by atoms with Crippen LogP contribution in [0.25, 0.3) is 17.1 Å². The lowest BCUT2D eigenvalue weighted by Crippen LogP contribution is -2.19. The Morgan fingerprint density at radius 3 is 2.84 bits per heavy atom. The fraction of sp³-hybridized carbons (Fsp3) is 0.0526. The molecule has 2 aromatic heterocycles. The normalized spacial score (nSPS) is 11.0. The standard InChI is InChI=1S/C19H15BrN8O3/c1-30-14-7-3-5-12(9-14)16-15(23-27-28(16)18-17(21)25-31-26-18)19(29)24-22-10-11-4-2-6-13(20)8-11/h2-10H,1H3,(H2,21,25)(H,24,29). The molecule has 0 radical (unpaired) electrons. The Balaban J connectivity index is 1.71. The van der Waals surface area contributed by atoms with Crippen LogP contribution in [-0.2, 0) is 0 Å². The molecule has 11 nitrogen and oxygen atoms in total. The van der Waals surface area contributed by atoms with Crippen molar-refractivity contribution in [2.75, 3.05) is 12.8 Å². The predicted molar refractivity (Wildman–Crippen MR) is 115 cm³/mol. The summed E-state index contributed by atoms with van der Waals surface area (Å²) < 4.78 is 12.1. The van der Waals surface area contributed by atoms with Gasteiger partial charge in [-0.05, 0) is 40.1 Å². The Morgan fingerprint density at radius 1 is 1.26 bits per heavy atom. The van der Waals surface area contributed by atoms with Gasteiger partial charge >= 0.3 is 0 Å². The largest absolute Gasteiger partial charge is 0.497 e. The van der Waals surface area contributed by atoms with Gasteiger partial charge in [0, 0.05) is 10.0 Å². The highest BCUT2D eigenvalue weighted by molar-refractivity contribution is 9.10. The zero-order valence-corrected chi connectivity index (χ0v) is 17.6. The highest BCUT2D eigenvalue weighted by Gasteiger charge is 2.25. The molecule has 31 heavy (non-hydrogen) atoms. The van der Waals surface area contributed by atoms with Crippen LogP contribution in [0.15, 0.2) is 62.7 Å². The zero-order valence-electron chi connectivity index (χ0n) is 16.1. The number of nitrogens with one attached hydrogen (secondary N) is 1. The first-order valence-electron chi connectivity index (χ1n) is 8.84. The second kappa shape index (κ2) is 8.75. The third-order valence-corrected chi connectivity index (χ3v) is 4.65. The maximum atomic E-state index is 12.8. The van der Waals surface area contributed by atoms with E-state index >= 15 is 0 Å². The number of carbonyl (C=O) groups excluding carboxylic acids is 1. The topological polar surface area (TPSA) is 146 Å². The molecule has 0 aliphatic heterocycles. The number of nitrogen functional groups attached to an aromatic ring is 1. The van der Waals surface area contributed by atoms with Gasteiger partial charge in [0.25, 0.3) is 5.91 Å². The Bertz CT molecular complexity index is 1270. The molecule has 0 spiro atoms. The summed E-state index contributed by atoms with van der Waals surface area (Å²) in [5.74, 6) is 0.0940. The van der Waals surface area contributed by atoms with E-state index in [4.69, 9.17) is 10.5 Å². The van der Waals surface area contributed by atoms with Gasteiger partial charge in [0.15, 0.2) is 5.69 Å². The van der Waals surface area contributed by atoms with Gasteiger partial charge in [-0.15, -0.1) is 5.10 Å². The summed E-state index contributed by atoms with van der Waals surface area (Å²) in [4.78, 5) is 12.8. The molecule has 4 aromatic rings. The number of nitrogens with zero attached hydrogens (tertiary/aromatic N) is 6. The smallest absolute Gasteiger partial charge is 0.294 e. The van der Waals surface area contributed by atoms with Crippen molar-refractivity contribution in [2.45, 2.75) is 0 Å². The van der Waals surface area contributed by atoms with Gasteiger partial charge in [0.2, 0.25) is 11.6 Å². The highest BCUT2D eigenvalue weighted by Crippen LogP contribution is 2.28. The first-order chi connectivity index (χ1) is 15.1. The second-order valence-electron chi connectivity index (χ2n) is 6.16. The monoisotopic (exact) mass is 482 g/mol. The number of hydrogen-bond donors (Lipinski definition) is 2. The zero-order chi connectivity index (χ0) is 21.8. The van der Waals surface area contributed by atoms with E-state index in [0.717, 1.165) is 10.0 Å². The molecule has 0 aliphatic carbocycles. The van der Waals surface area contributed by atoms with Crippen molar-refractivity contribution in [1.82, 2.24) is 30.7 Å². The van der Waals surface area contributed by atoms with Crippen LogP contribution in [0, 0.1) is 0 Å². The van der Waals surface area contributed by atoms with Crippen molar-refractivity contribution < 1.29 is 14.2 Å². The van der Waals surface area contributed by atoms with E-state index < -0.39 is 5.91 Å². The molecule has 0 bridgehead atoms. The third kappa shape index (κ3) is 4.28. The van der Waals surface area contributed by atoms with Crippen LogP contribution in [0.4, 0.5) is 5.82 Å². The fourth-order valence-corrected chi connectivity index (χ4v) is 3.17. The molecule has 2 aromatic carbocycles. The van der Waals surface area contributed by atoms with E-state index in [1.54, 1.807) is 31.4 Å². The first kappa shape index (κ1) is 20.2. The van der Waals surface area contributed by atoms with Crippen LogP contribution in [-0.4, -0.2) is 44.5 Å². The lowest BCUT2D eigenvalue weighted by atomic mass is 10.1. The molecule has 4 rings (SSSR count). The number of anilines is 1. The summed E-state index contributed by atoms with van der Waals surface area (Å²) in [6, 6.07) is 14.5. The fourth-order valence-electron chi connectivity index (χ4n) is 2.76. The van der Waals surface area contributed by atoms with Crippen LogP contribution < -0.4 is 15.9 Å². The molecule has 0 unspecified atom stereocenters. The van der Waals surface area contributed by atoms with Crippen LogP contribution in [0.2, 0.25) is 0 Å². The van der Waals surface area contributed by atoms with Crippen molar-refractivity contribution in [3.8, 4) is 22.8 Å². The molecular weight excluding hydrogens is 468 g/mol. The number of amides is 1. The number of aromatic nitrogens is 5. The van der Waals surface area contributed by atoms with Crippen molar-refractivity contribution in [3.63, 3.8) is 0 Å². The molecule has 0 fully saturated rings. The highest BCUT2D eigenvalue weighted by atomic mass is 79.9. The van der Waals surface area contributed by atoms with E-state index in [-0.39, 0.29) is 17.3 Å². The van der Waals surface area contributed by atoms with E-state index in [2.05, 4.69) is 51.7 Å². The summed E-state index contributed by atoms with van der Waals surface area (Å²) in [5, 5.41) is 19.3. The average Bonchev–Trinajstić information content (AvgIpc) is 3.39. The van der Waals surface area contributed by atoms with E-state index in [0.29, 0.717) is 17.0 Å². The molecule has 156 valence electrons. The van der Waals surface area contributed by atoms with Gasteiger partial charge in [0.05, 0.1) is 13.3 Å². The number of rotatable bonds is 6. The first-order valence-corrected chi connectivity index (χ1v) is 9.63. The molecule has 2 heterocycles. The Labute approximate surface area is 184 Å². The molecule has 12 heteroatoms. The van der Waals surface area contributed by atoms with Gasteiger partial charge in [0.1, 0.15) is 11.4 Å². The molecule has 3 N–H and O–H groups in total. The summed E-state index contributed by atoms with van der Waals surface area (Å²) >= 11 is 3.39. The van der Waals surface area contributed by atoms with Gasteiger partial charge in [-0.3, -0.25) is 4.79 Å². The number of ether oxygens (including phenoxy) is 1. The number of methoxy groups -OCH3 is 1. The summed E-state index contributed by atoms with van der Waals surface area (Å²) in [6.45, 7) is 0. The number of carbonyl (C=O) groups is 1. The van der Waals surface area contributed by atoms with E-state index in [1.807, 2.05) is 24.3 Å². The molecule has 1 amide bonds. The van der Waals surface area contributed by atoms with Crippen LogP contribution in [0.5, 0.6) is 5.75 Å². The third-order valence-electron chi connectivity index (χ3n) is 4.15. The summed E-state index contributed by atoms with van der Waals surface area (Å²) in [5.41, 5.74) is 9.97. The summed E-state index contributed by atoms with van der Waals surface area (Å²) in [7, 11) is 1.54. The number of hydrazone groups is 1. The number of hydrogen-bond acceptors (Lipinski definition) is 9. The van der Waals surface area contributed by atoms with Crippen molar-refractivity contribution in [3.05, 3.63) is 64.3 Å². The predicted octanol–water partition coefficient (Wildman–Crippen LogP) is 2.43. The SMILES string of the molecule is COc1cccc(-c2c(C(=O)NN=Cc3cccc(Br)c3)nnn2-c2nonc2N)c1. The van der Waals surface area contributed by atoms with Crippen LogP contribution >= 0.6 is 15.9 Å². The molecule has 0 aliphatic rings. The average molecular weight is 483 g/mol. The minimum absolute atomic E-state index is 0.00189. The van der Waals surface area contributed by atoms with Gasteiger partial charge < -0.3 is 10.5 Å². The molecule has 0 atom stereocenters. The minimum atomic E-state index is -0.578. The van der Waals surface area contributed by atoms with Crippen molar-refractivity contribution >= 4 is 33.9 Å². The van der Waals surface area contributed by atoms with Crippen molar-refractivity contribution in [1.29, 1.82) is 0 Å². The van der Waals surface area contributed by atoms with Gasteiger partial charge in [-0.1, -0.05) is 45.4 Å². The number of halogens is 1. The quantitative estimate of drug-likeness (QED) is 0.314. The Morgan fingerprint density at radius 2 is 2.10 bits per heavy atom. The van der Waals surface area contributed by atoms with E-state index in [1.165, 1.54) is 10.9 Å². The lowest BCUT2D eigenvalue weighted by molar-refractivity contribution is 0.0950. The van der Waals surface area contributed by atoms with Crippen LogP contribution in [0.3, 0.4) is 0 Å². The lowest BCUT2D eigenvalue weighted by Gasteiger charge is -2.07. The van der Waals surface area contributed by atoms with Gasteiger partial charge in [-0.25, -0.2) is 10.1 Å². The molecule has 0 saturated carbocycles. The molecule has 0 saturated heterocycles. The maximum absolute atomic E-state index is 12.8. The Kier molecular flexibility index (Phi) is 5.71. The Hall–Kier alpha value is -4.06.